The van der Waals surface area contributed by atoms with E-state index >= 15 is 0 Å². The zero-order valence-electron chi connectivity index (χ0n) is 12.4. The number of hydrogen-bond donors (Lipinski definition) is 1. The van der Waals surface area contributed by atoms with Gasteiger partial charge in [-0.3, -0.25) is 4.72 Å². The number of para-hydroxylation sites is 2. The number of aromatic nitrogens is 4. The van der Waals surface area contributed by atoms with Gasteiger partial charge in [0.1, 0.15) is 6.33 Å². The molecule has 0 fully saturated rings. The van der Waals surface area contributed by atoms with Gasteiger partial charge in [-0.15, -0.1) is 5.10 Å². The van der Waals surface area contributed by atoms with Gasteiger partial charge >= 0.3 is 0 Å². The lowest BCUT2D eigenvalue weighted by atomic mass is 10.2. The number of sulfonamides is 1. The average molecular weight is 329 g/mol. The molecule has 7 nitrogen and oxygen atoms in total. The van der Waals surface area contributed by atoms with Gasteiger partial charge < -0.3 is 0 Å². The Kier molecular flexibility index (Phi) is 4.07. The fourth-order valence-corrected chi connectivity index (χ4v) is 3.21. The molecule has 2 aromatic carbocycles. The maximum atomic E-state index is 12.6. The van der Waals surface area contributed by atoms with Crippen LogP contribution in [0, 0.1) is 0 Å². The summed E-state index contributed by atoms with van der Waals surface area (Å²) in [5.74, 6) is 0. The zero-order chi connectivity index (χ0) is 16.3. The molecule has 0 amide bonds. The molecule has 0 unspecified atom stereocenters. The maximum absolute atomic E-state index is 12.6. The van der Waals surface area contributed by atoms with E-state index in [1.165, 1.54) is 11.0 Å². The molecule has 1 aromatic heterocycles. The van der Waals surface area contributed by atoms with Crippen LogP contribution in [-0.2, 0) is 16.4 Å². The van der Waals surface area contributed by atoms with Crippen LogP contribution in [0.5, 0.6) is 0 Å². The highest BCUT2D eigenvalue weighted by Crippen LogP contribution is 2.22. The molecule has 0 atom stereocenters. The molecule has 8 heteroatoms. The van der Waals surface area contributed by atoms with Gasteiger partial charge in [-0.2, -0.15) is 4.68 Å². The van der Waals surface area contributed by atoms with Crippen LogP contribution < -0.4 is 4.72 Å². The fraction of sp³-hybridized carbons (Fsp3) is 0.133. The smallest absolute Gasteiger partial charge is 0.261 e. The standard InChI is InChI=1S/C15H15N5O2S/c1-2-12-7-9-13(10-8-12)23(21,22)17-14-5-3-4-6-15(14)20-11-16-18-19-20/h3-11,17H,2H2,1H3. The SMILES string of the molecule is CCc1ccc(S(=O)(=O)Nc2ccccc2-n2cnnn2)cc1. The predicted molar refractivity (Wildman–Crippen MR) is 85.8 cm³/mol. The Balaban J connectivity index is 1.95. The molecule has 118 valence electrons. The van der Waals surface area contributed by atoms with Crippen molar-refractivity contribution in [1.82, 2.24) is 20.2 Å². The Morgan fingerprint density at radius 3 is 2.48 bits per heavy atom. The van der Waals surface area contributed by atoms with Gasteiger partial charge in [0.2, 0.25) is 0 Å². The van der Waals surface area contributed by atoms with Crippen molar-refractivity contribution in [3.8, 4) is 5.69 Å². The highest BCUT2D eigenvalue weighted by molar-refractivity contribution is 7.92. The van der Waals surface area contributed by atoms with Crippen LogP contribution >= 0.6 is 0 Å². The van der Waals surface area contributed by atoms with Gasteiger partial charge in [0.15, 0.2) is 0 Å². The highest BCUT2D eigenvalue weighted by Gasteiger charge is 2.16. The number of benzene rings is 2. The molecule has 0 bridgehead atoms. The van der Waals surface area contributed by atoms with Crippen molar-refractivity contribution in [1.29, 1.82) is 0 Å². The summed E-state index contributed by atoms with van der Waals surface area (Å²) in [7, 11) is -3.68. The normalized spacial score (nSPS) is 11.3. The van der Waals surface area contributed by atoms with Crippen molar-refractivity contribution in [2.24, 2.45) is 0 Å². The van der Waals surface area contributed by atoms with Gasteiger partial charge in [-0.25, -0.2) is 8.42 Å². The van der Waals surface area contributed by atoms with E-state index in [0.29, 0.717) is 11.4 Å². The van der Waals surface area contributed by atoms with E-state index < -0.39 is 10.0 Å². The Labute approximate surface area is 134 Å². The molecule has 0 aliphatic heterocycles. The third-order valence-corrected chi connectivity index (χ3v) is 4.77. The first-order valence-electron chi connectivity index (χ1n) is 7.04. The van der Waals surface area contributed by atoms with Crippen LogP contribution in [0.3, 0.4) is 0 Å². The van der Waals surface area contributed by atoms with Gasteiger partial charge in [0, 0.05) is 0 Å². The van der Waals surface area contributed by atoms with Crippen LogP contribution in [-0.4, -0.2) is 28.6 Å². The summed E-state index contributed by atoms with van der Waals surface area (Å²) < 4.78 is 29.1. The van der Waals surface area contributed by atoms with Crippen molar-refractivity contribution in [3.05, 3.63) is 60.4 Å². The maximum Gasteiger partial charge on any atom is 0.261 e. The summed E-state index contributed by atoms with van der Waals surface area (Å²) in [6, 6.07) is 13.7. The van der Waals surface area contributed by atoms with E-state index in [-0.39, 0.29) is 4.90 Å². The van der Waals surface area contributed by atoms with Crippen molar-refractivity contribution in [2.45, 2.75) is 18.2 Å². The molecular formula is C15H15N5O2S. The monoisotopic (exact) mass is 329 g/mol. The van der Waals surface area contributed by atoms with E-state index in [9.17, 15) is 8.42 Å². The van der Waals surface area contributed by atoms with Crippen molar-refractivity contribution < 1.29 is 8.42 Å². The van der Waals surface area contributed by atoms with Gasteiger partial charge in [-0.05, 0) is 46.7 Å². The number of tetrazole rings is 1. The fourth-order valence-electron chi connectivity index (χ4n) is 2.14. The Hall–Kier alpha value is -2.74. The van der Waals surface area contributed by atoms with Crippen molar-refractivity contribution in [3.63, 3.8) is 0 Å². The number of nitrogens with one attached hydrogen (secondary N) is 1. The van der Waals surface area contributed by atoms with Crippen LogP contribution in [0.15, 0.2) is 59.8 Å². The molecule has 0 radical (unpaired) electrons. The molecule has 1 N–H and O–H groups in total. The molecule has 0 saturated carbocycles. The second-order valence-corrected chi connectivity index (χ2v) is 6.56. The minimum Gasteiger partial charge on any atom is -0.277 e. The first kappa shape index (κ1) is 15.2. The first-order valence-corrected chi connectivity index (χ1v) is 8.52. The quantitative estimate of drug-likeness (QED) is 0.773. The summed E-state index contributed by atoms with van der Waals surface area (Å²) >= 11 is 0. The van der Waals surface area contributed by atoms with E-state index in [1.54, 1.807) is 36.4 Å². The molecule has 1 heterocycles. The number of aryl methyl sites for hydroxylation is 1. The summed E-state index contributed by atoms with van der Waals surface area (Å²) in [6.45, 7) is 2.02. The number of nitrogens with zero attached hydrogens (tertiary/aromatic N) is 4. The van der Waals surface area contributed by atoms with Crippen LogP contribution in [0.1, 0.15) is 12.5 Å². The molecule has 3 aromatic rings. The van der Waals surface area contributed by atoms with E-state index in [1.807, 2.05) is 19.1 Å². The lowest BCUT2D eigenvalue weighted by molar-refractivity contribution is 0.601. The predicted octanol–water partition coefficient (Wildman–Crippen LogP) is 2.03. The summed E-state index contributed by atoms with van der Waals surface area (Å²) in [5, 5.41) is 10.9. The number of anilines is 1. The third-order valence-electron chi connectivity index (χ3n) is 3.39. The zero-order valence-corrected chi connectivity index (χ0v) is 13.2. The Morgan fingerprint density at radius 2 is 1.83 bits per heavy atom. The van der Waals surface area contributed by atoms with Crippen molar-refractivity contribution >= 4 is 15.7 Å². The largest absolute Gasteiger partial charge is 0.277 e. The molecule has 0 aliphatic rings. The van der Waals surface area contributed by atoms with E-state index in [0.717, 1.165) is 12.0 Å². The molecule has 3 rings (SSSR count). The number of hydrogen-bond acceptors (Lipinski definition) is 5. The molecule has 0 spiro atoms. The van der Waals surface area contributed by atoms with Gasteiger partial charge in [-0.1, -0.05) is 31.2 Å². The first-order chi connectivity index (χ1) is 11.1. The van der Waals surface area contributed by atoms with E-state index in [4.69, 9.17) is 0 Å². The summed E-state index contributed by atoms with van der Waals surface area (Å²) in [5.41, 5.74) is 2.03. The molecular weight excluding hydrogens is 314 g/mol. The third kappa shape index (κ3) is 3.21. The second kappa shape index (κ2) is 6.17. The minimum atomic E-state index is -3.68. The second-order valence-electron chi connectivity index (χ2n) is 4.87. The van der Waals surface area contributed by atoms with E-state index in [2.05, 4.69) is 20.2 Å². The highest BCUT2D eigenvalue weighted by atomic mass is 32.2. The van der Waals surface area contributed by atoms with Crippen molar-refractivity contribution in [2.75, 3.05) is 4.72 Å². The average Bonchev–Trinajstić information content (AvgIpc) is 3.09. The topological polar surface area (TPSA) is 89.8 Å². The van der Waals surface area contributed by atoms with Crippen LogP contribution in [0.25, 0.3) is 5.69 Å². The summed E-state index contributed by atoms with van der Waals surface area (Å²) in [6.07, 6.45) is 2.26. The molecule has 0 saturated heterocycles. The van der Waals surface area contributed by atoms with Crippen LogP contribution in [0.4, 0.5) is 5.69 Å². The Morgan fingerprint density at radius 1 is 1.09 bits per heavy atom. The van der Waals surface area contributed by atoms with Crippen LogP contribution in [0.2, 0.25) is 0 Å². The lowest BCUT2D eigenvalue weighted by Crippen LogP contribution is -2.15. The minimum absolute atomic E-state index is 0.209. The molecule has 0 aliphatic carbocycles. The van der Waals surface area contributed by atoms with Gasteiger partial charge in [0.25, 0.3) is 10.0 Å². The number of rotatable bonds is 5. The lowest BCUT2D eigenvalue weighted by Gasteiger charge is -2.12. The summed E-state index contributed by atoms with van der Waals surface area (Å²) in [4.78, 5) is 0.209. The molecule has 23 heavy (non-hydrogen) atoms. The Bertz CT molecular complexity index is 890. The van der Waals surface area contributed by atoms with Gasteiger partial charge in [0.05, 0.1) is 16.3 Å².